The van der Waals surface area contributed by atoms with Crippen LogP contribution in [-0.4, -0.2) is 42.5 Å². The smallest absolute Gasteiger partial charge is 0.333 e. The molecule has 3 rings (SSSR count). The molecule has 0 N–H and O–H groups in total. The van der Waals surface area contributed by atoms with Crippen LogP contribution in [0.2, 0.25) is 0 Å². The predicted molar refractivity (Wildman–Crippen MR) is 139 cm³/mol. The van der Waals surface area contributed by atoms with E-state index >= 15 is 0 Å². The first-order valence-electron chi connectivity index (χ1n) is 13.0. The van der Waals surface area contributed by atoms with Gasteiger partial charge in [-0.15, -0.1) is 0 Å². The molecule has 2 saturated carbocycles. The number of hydrogen-bond donors (Lipinski definition) is 0. The van der Waals surface area contributed by atoms with Crippen molar-refractivity contribution in [3.05, 3.63) is 46.6 Å². The molecule has 0 radical (unpaired) electrons. The predicted octanol–water partition coefficient (Wildman–Crippen LogP) is 5.06. The van der Waals surface area contributed by atoms with Gasteiger partial charge in [0.25, 0.3) is 0 Å². The summed E-state index contributed by atoms with van der Waals surface area (Å²) in [6.07, 6.45) is 5.48. The Balaban J connectivity index is 2.14. The van der Waals surface area contributed by atoms with Crippen LogP contribution in [0.15, 0.2) is 46.6 Å². The summed E-state index contributed by atoms with van der Waals surface area (Å²) in [6.45, 7) is 16.1. The summed E-state index contributed by atoms with van der Waals surface area (Å²) in [5.74, 6) is -2.24. The lowest BCUT2D eigenvalue weighted by molar-refractivity contribution is -0.210. The Morgan fingerprint density at radius 3 is 1.84 bits per heavy atom. The van der Waals surface area contributed by atoms with Crippen molar-refractivity contribution in [1.82, 2.24) is 0 Å². The second-order valence-corrected chi connectivity index (χ2v) is 11.2. The van der Waals surface area contributed by atoms with Crippen molar-refractivity contribution >= 4 is 23.7 Å². The third kappa shape index (κ3) is 4.62. The van der Waals surface area contributed by atoms with E-state index in [0.717, 1.165) is 5.57 Å². The molecule has 0 aliphatic heterocycles. The molecule has 4 bridgehead atoms. The summed E-state index contributed by atoms with van der Waals surface area (Å²) < 4.78 is 17.9. The number of carbonyl (C=O) groups excluding carboxylic acids is 4. The molecule has 3 aliphatic carbocycles. The van der Waals surface area contributed by atoms with Gasteiger partial charge in [-0.1, -0.05) is 37.6 Å². The molecule has 37 heavy (non-hydrogen) atoms. The van der Waals surface area contributed by atoms with Crippen LogP contribution in [0.3, 0.4) is 0 Å². The highest BCUT2D eigenvalue weighted by molar-refractivity contribution is 5.97. The number of fused-ring (bicyclic) bond motifs is 1. The molecule has 0 spiro atoms. The van der Waals surface area contributed by atoms with Crippen molar-refractivity contribution in [1.29, 1.82) is 0 Å². The van der Waals surface area contributed by atoms with E-state index in [1.54, 1.807) is 65.8 Å². The molecule has 0 aromatic heterocycles. The van der Waals surface area contributed by atoms with Gasteiger partial charge in [0.15, 0.2) is 5.78 Å². The number of ether oxygens (including phenoxy) is 3. The van der Waals surface area contributed by atoms with E-state index in [9.17, 15) is 19.2 Å². The van der Waals surface area contributed by atoms with Crippen molar-refractivity contribution in [3.63, 3.8) is 0 Å². The lowest BCUT2D eigenvalue weighted by Crippen LogP contribution is -2.68. The van der Waals surface area contributed by atoms with Crippen LogP contribution in [0.5, 0.6) is 0 Å². The van der Waals surface area contributed by atoms with E-state index in [-0.39, 0.29) is 30.6 Å². The summed E-state index contributed by atoms with van der Waals surface area (Å²) in [4.78, 5) is 52.0. The van der Waals surface area contributed by atoms with Crippen LogP contribution >= 0.6 is 0 Å². The van der Waals surface area contributed by atoms with Gasteiger partial charge in [-0.2, -0.15) is 0 Å². The zero-order valence-electron chi connectivity index (χ0n) is 23.5. The summed E-state index contributed by atoms with van der Waals surface area (Å²) >= 11 is 0. The Labute approximate surface area is 220 Å². The molecule has 7 atom stereocenters. The van der Waals surface area contributed by atoms with E-state index in [1.807, 2.05) is 20.8 Å². The van der Waals surface area contributed by atoms with Crippen molar-refractivity contribution < 1.29 is 33.4 Å². The van der Waals surface area contributed by atoms with Gasteiger partial charge in [-0.3, -0.25) is 4.79 Å². The Kier molecular flexibility index (Phi) is 8.06. The maximum Gasteiger partial charge on any atom is 0.333 e. The minimum absolute atomic E-state index is 0.0323. The normalized spacial score (nSPS) is 35.6. The van der Waals surface area contributed by atoms with E-state index in [2.05, 4.69) is 0 Å². The van der Waals surface area contributed by atoms with Crippen LogP contribution < -0.4 is 0 Å². The number of allylic oxidation sites excluding steroid dienone is 5. The summed E-state index contributed by atoms with van der Waals surface area (Å²) in [6, 6.07) is 0. The third-order valence-corrected chi connectivity index (χ3v) is 9.12. The lowest BCUT2D eigenvalue weighted by Gasteiger charge is -2.65. The van der Waals surface area contributed by atoms with Gasteiger partial charge in [-0.25, -0.2) is 14.4 Å². The van der Waals surface area contributed by atoms with Crippen molar-refractivity contribution in [2.24, 2.45) is 28.6 Å². The Bertz CT molecular complexity index is 1120. The largest absolute Gasteiger partial charge is 0.462 e. The number of hydrogen-bond acceptors (Lipinski definition) is 7. The van der Waals surface area contributed by atoms with E-state index in [1.165, 1.54) is 0 Å². The second-order valence-electron chi connectivity index (χ2n) is 11.2. The van der Waals surface area contributed by atoms with Gasteiger partial charge in [-0.05, 0) is 66.4 Å². The minimum Gasteiger partial charge on any atom is -0.462 e. The Morgan fingerprint density at radius 2 is 1.35 bits per heavy atom. The molecular weight excluding hydrogens is 472 g/mol. The van der Waals surface area contributed by atoms with Crippen molar-refractivity contribution in [3.8, 4) is 0 Å². The molecular formula is C30H40O7. The fourth-order valence-electron chi connectivity index (χ4n) is 6.48. The summed E-state index contributed by atoms with van der Waals surface area (Å²) in [7, 11) is 0. The van der Waals surface area contributed by atoms with Crippen LogP contribution in [-0.2, 0) is 33.4 Å². The van der Waals surface area contributed by atoms with Crippen LogP contribution in [0.4, 0.5) is 0 Å². The molecule has 202 valence electrons. The van der Waals surface area contributed by atoms with Gasteiger partial charge in [0.05, 0.1) is 0 Å². The first kappa shape index (κ1) is 28.6. The van der Waals surface area contributed by atoms with Gasteiger partial charge >= 0.3 is 17.9 Å². The second kappa shape index (κ2) is 10.4. The molecule has 0 aromatic rings. The van der Waals surface area contributed by atoms with Gasteiger partial charge in [0, 0.05) is 39.9 Å². The molecule has 0 amide bonds. The Hall–Kier alpha value is -2.96. The first-order valence-corrected chi connectivity index (χ1v) is 13.0. The highest BCUT2D eigenvalue weighted by Crippen LogP contribution is 2.72. The number of esters is 3. The van der Waals surface area contributed by atoms with E-state index in [0.29, 0.717) is 16.7 Å². The van der Waals surface area contributed by atoms with Gasteiger partial charge < -0.3 is 14.2 Å². The zero-order chi connectivity index (χ0) is 27.9. The molecule has 2 fully saturated rings. The molecule has 7 heteroatoms. The van der Waals surface area contributed by atoms with Crippen molar-refractivity contribution in [2.75, 3.05) is 6.61 Å². The molecule has 3 aliphatic rings. The third-order valence-electron chi connectivity index (χ3n) is 9.12. The number of rotatable bonds is 7. The van der Waals surface area contributed by atoms with Crippen LogP contribution in [0.1, 0.15) is 68.7 Å². The maximum atomic E-state index is 13.4. The topological polar surface area (TPSA) is 96.0 Å². The van der Waals surface area contributed by atoms with Gasteiger partial charge in [0.2, 0.25) is 0 Å². The van der Waals surface area contributed by atoms with Crippen LogP contribution in [0, 0.1) is 28.6 Å². The average molecular weight is 513 g/mol. The monoisotopic (exact) mass is 512 g/mol. The lowest BCUT2D eigenvalue weighted by atomic mass is 9.37. The molecule has 7 unspecified atom stereocenters. The first-order chi connectivity index (χ1) is 17.3. The number of carbonyl (C=O) groups is 4. The molecule has 7 nitrogen and oxygen atoms in total. The molecule has 0 aromatic carbocycles. The zero-order valence-corrected chi connectivity index (χ0v) is 23.5. The molecule has 0 heterocycles. The quantitative estimate of drug-likeness (QED) is 0.267. The maximum absolute atomic E-state index is 13.4. The Morgan fingerprint density at radius 1 is 0.865 bits per heavy atom. The standard InChI is InChI=1S/C30H40O7/c1-10-16(4)26(32)35-15-29(8)21(36-27(33)17(5)11-2)14-22(37-28(34)18(6)12-3)30(9)23-19(7)13-20(31)24(30)25(23)29/h10-13,21-25H,14-15H2,1-9H3. The fourth-order valence-corrected chi connectivity index (χ4v) is 6.48. The highest BCUT2D eigenvalue weighted by Gasteiger charge is 2.75. The highest BCUT2D eigenvalue weighted by atomic mass is 16.6. The SMILES string of the molecule is CC=C(C)C(=O)OCC1(C)C(OC(=O)C(C)=CC)CC(OC(=O)C(C)=CC)C2(C)C3C(=O)C=C(C)C2C31. The fraction of sp³-hybridized carbons (Fsp3) is 0.600. The summed E-state index contributed by atoms with van der Waals surface area (Å²) in [5, 5.41) is 0. The molecule has 0 saturated heterocycles. The minimum atomic E-state index is -0.885. The van der Waals surface area contributed by atoms with Gasteiger partial charge in [0.1, 0.15) is 18.8 Å². The average Bonchev–Trinajstić information content (AvgIpc) is 2.98. The summed E-state index contributed by atoms with van der Waals surface area (Å²) in [5.41, 5.74) is 0.731. The van der Waals surface area contributed by atoms with E-state index in [4.69, 9.17) is 14.2 Å². The van der Waals surface area contributed by atoms with Crippen LogP contribution in [0.25, 0.3) is 0 Å². The van der Waals surface area contributed by atoms with E-state index < -0.39 is 46.9 Å². The number of ketones is 1. The van der Waals surface area contributed by atoms with Crippen molar-refractivity contribution in [2.45, 2.75) is 80.9 Å².